The molecule has 2 rings (SSSR count). The van der Waals surface area contributed by atoms with Crippen LogP contribution < -0.4 is 15.5 Å². The van der Waals surface area contributed by atoms with Crippen molar-refractivity contribution >= 4 is 28.9 Å². The molecule has 0 aliphatic rings. The number of hydrogen-bond acceptors (Lipinski definition) is 6. The number of rotatable bonds is 7. The van der Waals surface area contributed by atoms with Crippen LogP contribution in [0, 0.1) is 5.82 Å². The molecule has 158 valence electrons. The van der Waals surface area contributed by atoms with Crippen molar-refractivity contribution in [1.29, 1.82) is 0 Å². The zero-order valence-corrected chi connectivity index (χ0v) is 15.4. The van der Waals surface area contributed by atoms with E-state index in [-0.39, 0.29) is 16.5 Å². The predicted molar refractivity (Wildman–Crippen MR) is 94.9 cm³/mol. The molecule has 1 atom stereocenters. The third-order valence-corrected chi connectivity index (χ3v) is 3.95. The molecule has 12 heteroatoms. The van der Waals surface area contributed by atoms with Crippen LogP contribution in [-0.4, -0.2) is 28.5 Å². The summed E-state index contributed by atoms with van der Waals surface area (Å²) >= 11 is 5.54. The lowest BCUT2D eigenvalue weighted by atomic mass is 10.1. The quantitative estimate of drug-likeness (QED) is 0.295. The summed E-state index contributed by atoms with van der Waals surface area (Å²) in [7, 11) is 0. The van der Waals surface area contributed by atoms with Crippen molar-refractivity contribution in [3.8, 4) is 5.75 Å². The highest BCUT2D eigenvalue weighted by Gasteiger charge is 2.35. The van der Waals surface area contributed by atoms with Crippen LogP contribution in [-0.2, 0) is 16.0 Å². The van der Waals surface area contributed by atoms with Gasteiger partial charge in [0.15, 0.2) is 5.60 Å². The minimum Gasteiger partial charge on any atom is -0.490 e. The lowest BCUT2D eigenvalue weighted by Crippen LogP contribution is -2.45. The maximum Gasteiger partial charge on any atom is 0.418 e. The van der Waals surface area contributed by atoms with E-state index >= 15 is 0 Å². The molecule has 0 aromatic heterocycles. The second kappa shape index (κ2) is 8.82. The summed E-state index contributed by atoms with van der Waals surface area (Å²) in [6.45, 7) is 0.443. The van der Waals surface area contributed by atoms with Gasteiger partial charge in [-0.05, 0) is 37.3 Å². The van der Waals surface area contributed by atoms with Gasteiger partial charge in [0.25, 0.3) is 5.91 Å². The van der Waals surface area contributed by atoms with Crippen LogP contribution in [0.4, 0.5) is 28.9 Å². The molecule has 0 fully saturated rings. The number of benzene rings is 2. The van der Waals surface area contributed by atoms with Gasteiger partial charge in [0.05, 0.1) is 16.3 Å². The molecule has 0 saturated heterocycles. The van der Waals surface area contributed by atoms with Gasteiger partial charge in [-0.15, -0.1) is 4.99 Å². The standard InChI is InChI=1S/C17H15ClF4N2O5/c1-16(26,8-28-10-3-4-12(18)13(19)7-10)15(25)23-9-2-5-14(24-29-27)11(6-9)17(20,21)22/h2-7,24,26-27H,8H2,1H3,(H,23,25)/t16-/m1/s1. The number of carbonyl (C=O) groups is 1. The van der Waals surface area contributed by atoms with Crippen molar-refractivity contribution in [2.45, 2.75) is 18.7 Å². The number of aliphatic hydroxyl groups is 1. The minimum atomic E-state index is -4.83. The number of nitrogens with one attached hydrogen (secondary N) is 2. The largest absolute Gasteiger partial charge is 0.490 e. The van der Waals surface area contributed by atoms with Gasteiger partial charge in [-0.2, -0.15) is 13.2 Å². The number of alkyl halides is 3. The number of amides is 1. The zero-order chi connectivity index (χ0) is 21.8. The van der Waals surface area contributed by atoms with E-state index in [1.165, 1.54) is 12.1 Å². The van der Waals surface area contributed by atoms with E-state index in [1.54, 1.807) is 5.48 Å². The molecule has 0 bridgehead atoms. The molecule has 0 aliphatic heterocycles. The van der Waals surface area contributed by atoms with E-state index in [0.29, 0.717) is 6.07 Å². The monoisotopic (exact) mass is 438 g/mol. The summed E-state index contributed by atoms with van der Waals surface area (Å²) in [6.07, 6.45) is -4.83. The van der Waals surface area contributed by atoms with Crippen LogP contribution in [0.25, 0.3) is 0 Å². The van der Waals surface area contributed by atoms with Crippen molar-refractivity contribution in [1.82, 2.24) is 0 Å². The summed E-state index contributed by atoms with van der Waals surface area (Å²) in [5.74, 6) is -1.86. The minimum absolute atomic E-state index is 0.0150. The lowest BCUT2D eigenvalue weighted by Gasteiger charge is -2.23. The molecule has 1 amide bonds. The average molecular weight is 439 g/mol. The van der Waals surface area contributed by atoms with Crippen LogP contribution in [0.3, 0.4) is 0 Å². The first-order chi connectivity index (χ1) is 13.4. The van der Waals surface area contributed by atoms with Crippen molar-refractivity contribution in [2.75, 3.05) is 17.4 Å². The molecule has 0 aliphatic carbocycles. The van der Waals surface area contributed by atoms with Crippen molar-refractivity contribution in [3.05, 3.63) is 52.8 Å². The first kappa shape index (κ1) is 22.7. The van der Waals surface area contributed by atoms with E-state index in [2.05, 4.69) is 10.3 Å². The first-order valence-electron chi connectivity index (χ1n) is 7.83. The number of ether oxygens (including phenoxy) is 1. The smallest absolute Gasteiger partial charge is 0.418 e. The van der Waals surface area contributed by atoms with Gasteiger partial charge in [0.1, 0.15) is 18.2 Å². The summed E-state index contributed by atoms with van der Waals surface area (Å²) in [4.78, 5) is 15.8. The van der Waals surface area contributed by atoms with E-state index in [0.717, 1.165) is 25.1 Å². The summed E-state index contributed by atoms with van der Waals surface area (Å²) in [5.41, 5.74) is -2.64. The third kappa shape index (κ3) is 5.94. The molecule has 0 radical (unpaired) electrons. The van der Waals surface area contributed by atoms with E-state index in [4.69, 9.17) is 21.6 Å². The Hall–Kier alpha value is -2.60. The fraction of sp³-hybridized carbons (Fsp3) is 0.235. The van der Waals surface area contributed by atoms with Gasteiger partial charge in [0.2, 0.25) is 0 Å². The number of halogens is 5. The van der Waals surface area contributed by atoms with E-state index < -0.39 is 41.4 Å². The molecule has 4 N–H and O–H groups in total. The van der Waals surface area contributed by atoms with Crippen LogP contribution in [0.2, 0.25) is 5.02 Å². The molecule has 7 nitrogen and oxygen atoms in total. The molecular weight excluding hydrogens is 424 g/mol. The highest BCUT2D eigenvalue weighted by molar-refractivity contribution is 6.30. The Morgan fingerprint density at radius 2 is 1.90 bits per heavy atom. The van der Waals surface area contributed by atoms with Crippen LogP contribution in [0.5, 0.6) is 5.75 Å². The highest BCUT2D eigenvalue weighted by Crippen LogP contribution is 2.36. The molecule has 0 heterocycles. The van der Waals surface area contributed by atoms with E-state index in [1.807, 2.05) is 0 Å². The molecule has 2 aromatic carbocycles. The Morgan fingerprint density at radius 3 is 2.48 bits per heavy atom. The molecule has 29 heavy (non-hydrogen) atoms. The molecule has 0 spiro atoms. The van der Waals surface area contributed by atoms with Gasteiger partial charge >= 0.3 is 6.18 Å². The molecular formula is C17H15ClF4N2O5. The second-order valence-corrected chi connectivity index (χ2v) is 6.45. The predicted octanol–water partition coefficient (Wildman–Crippen LogP) is 4.08. The normalized spacial score (nSPS) is 13.5. The average Bonchev–Trinajstić information content (AvgIpc) is 2.63. The third-order valence-electron chi connectivity index (χ3n) is 3.64. The van der Waals surface area contributed by atoms with Gasteiger partial charge in [-0.3, -0.25) is 4.79 Å². The van der Waals surface area contributed by atoms with Crippen LogP contribution in [0.15, 0.2) is 36.4 Å². The number of anilines is 2. The van der Waals surface area contributed by atoms with Gasteiger partial charge in [-0.25, -0.2) is 15.1 Å². The van der Waals surface area contributed by atoms with Gasteiger partial charge in [-0.1, -0.05) is 11.6 Å². The number of hydrogen-bond donors (Lipinski definition) is 4. The van der Waals surface area contributed by atoms with Crippen LogP contribution >= 0.6 is 11.6 Å². The van der Waals surface area contributed by atoms with Gasteiger partial charge in [0, 0.05) is 11.8 Å². The van der Waals surface area contributed by atoms with Gasteiger partial charge < -0.3 is 15.2 Å². The Kier molecular flexibility index (Phi) is 6.90. The summed E-state index contributed by atoms with van der Waals surface area (Å²) < 4.78 is 57.8. The highest BCUT2D eigenvalue weighted by atomic mass is 35.5. The van der Waals surface area contributed by atoms with Crippen molar-refractivity contribution in [3.63, 3.8) is 0 Å². The summed E-state index contributed by atoms with van der Waals surface area (Å²) in [6, 6.07) is 6.03. The molecule has 0 saturated carbocycles. The topological polar surface area (TPSA) is 100 Å². The van der Waals surface area contributed by atoms with E-state index in [9.17, 15) is 27.5 Å². The fourth-order valence-corrected chi connectivity index (χ4v) is 2.23. The Balaban J connectivity index is 2.12. The zero-order valence-electron chi connectivity index (χ0n) is 14.7. The Morgan fingerprint density at radius 1 is 1.21 bits per heavy atom. The second-order valence-electron chi connectivity index (χ2n) is 6.04. The Labute approximate surface area is 166 Å². The maximum absolute atomic E-state index is 13.4. The van der Waals surface area contributed by atoms with Crippen molar-refractivity contribution < 1.29 is 42.4 Å². The lowest BCUT2D eigenvalue weighted by molar-refractivity contribution is -0.216. The fourth-order valence-electron chi connectivity index (χ4n) is 2.12. The SMILES string of the molecule is C[C@@](O)(COc1ccc(Cl)c(F)c1)C(=O)Nc1ccc(NOO)c(C(F)(F)F)c1. The summed E-state index contributed by atoms with van der Waals surface area (Å²) in [5, 5.41) is 20.5. The number of carbonyl (C=O) groups excluding carboxylic acids is 1. The maximum atomic E-state index is 13.4. The van der Waals surface area contributed by atoms with Crippen LogP contribution in [0.1, 0.15) is 12.5 Å². The Bertz CT molecular complexity index is 893. The molecule has 2 aromatic rings. The van der Waals surface area contributed by atoms with Crippen molar-refractivity contribution in [2.24, 2.45) is 0 Å². The molecule has 0 unspecified atom stereocenters. The first-order valence-corrected chi connectivity index (χ1v) is 8.21.